The summed E-state index contributed by atoms with van der Waals surface area (Å²) >= 11 is 0. The molecule has 2 aliphatic rings. The summed E-state index contributed by atoms with van der Waals surface area (Å²) in [4.78, 5) is 46.9. The van der Waals surface area contributed by atoms with Crippen molar-refractivity contribution in [1.82, 2.24) is 29.7 Å². The molecule has 2 saturated heterocycles. The number of likely N-dealkylation sites (tertiary alicyclic amines) is 2. The number of aliphatic hydroxyl groups is 2. The van der Waals surface area contributed by atoms with Crippen molar-refractivity contribution in [3.05, 3.63) is 144 Å². The minimum Gasteiger partial charge on any atom is -0.376 e. The zero-order valence-electron chi connectivity index (χ0n) is 30.4. The van der Waals surface area contributed by atoms with E-state index in [1.54, 1.807) is 60.3 Å². The number of carbonyl (C=O) groups is 2. The van der Waals surface area contributed by atoms with Gasteiger partial charge in [0.05, 0.1) is 35.9 Å². The van der Waals surface area contributed by atoms with Gasteiger partial charge in [0.15, 0.2) is 11.2 Å². The molecule has 0 aliphatic carbocycles. The van der Waals surface area contributed by atoms with Gasteiger partial charge in [-0.05, 0) is 72.9 Å². The van der Waals surface area contributed by atoms with Crippen LogP contribution in [0.2, 0.25) is 0 Å². The zero-order valence-corrected chi connectivity index (χ0v) is 30.4. The highest BCUT2D eigenvalue weighted by Crippen LogP contribution is 2.38. The van der Waals surface area contributed by atoms with Gasteiger partial charge in [-0.15, -0.1) is 0 Å². The van der Waals surface area contributed by atoms with Crippen LogP contribution in [0, 0.1) is 0 Å². The van der Waals surface area contributed by atoms with E-state index in [2.05, 4.69) is 68.5 Å². The van der Waals surface area contributed by atoms with Crippen molar-refractivity contribution >= 4 is 11.8 Å². The Morgan fingerprint density at radius 1 is 0.574 bits per heavy atom. The van der Waals surface area contributed by atoms with E-state index in [-0.39, 0.29) is 23.9 Å². The highest BCUT2D eigenvalue weighted by Gasteiger charge is 2.43. The first-order valence-corrected chi connectivity index (χ1v) is 18.6. The zero-order chi connectivity index (χ0) is 37.5. The van der Waals surface area contributed by atoms with Crippen LogP contribution in [-0.4, -0.2) is 64.9 Å². The third-order valence-corrected chi connectivity index (χ3v) is 11.1. The molecule has 8 rings (SSSR count). The Labute approximate surface area is 314 Å². The van der Waals surface area contributed by atoms with Crippen molar-refractivity contribution in [2.75, 3.05) is 13.1 Å². The second-order valence-corrected chi connectivity index (χ2v) is 14.7. The molecular weight excluding hydrogens is 677 g/mol. The maximum Gasteiger partial charge on any atom is 0.259 e. The maximum atomic E-state index is 13.6. The summed E-state index contributed by atoms with van der Waals surface area (Å²) < 4.78 is 0. The van der Waals surface area contributed by atoms with Gasteiger partial charge in [0.25, 0.3) is 11.8 Å². The third-order valence-electron chi connectivity index (χ3n) is 11.1. The van der Waals surface area contributed by atoms with Crippen molar-refractivity contribution in [1.29, 1.82) is 0 Å². The fraction of sp³-hybridized carbons (Fsp3) is 0.273. The Balaban J connectivity index is 0.931. The van der Waals surface area contributed by atoms with E-state index in [1.807, 2.05) is 36.4 Å². The molecule has 4 atom stereocenters. The quantitative estimate of drug-likeness (QED) is 0.124. The average Bonchev–Trinajstić information content (AvgIpc) is 4.05. The number of aromatic amines is 2. The van der Waals surface area contributed by atoms with E-state index >= 15 is 0 Å². The molecule has 2 unspecified atom stereocenters. The van der Waals surface area contributed by atoms with Crippen LogP contribution in [0.5, 0.6) is 0 Å². The Morgan fingerprint density at radius 2 is 0.926 bits per heavy atom. The first kappa shape index (κ1) is 35.2. The van der Waals surface area contributed by atoms with Crippen LogP contribution < -0.4 is 0 Å². The Hall–Kier alpha value is -5.84. The second-order valence-electron chi connectivity index (χ2n) is 14.7. The number of rotatable bonds is 9. The molecule has 4 N–H and O–H groups in total. The molecule has 2 aliphatic heterocycles. The number of amides is 2. The highest BCUT2D eigenvalue weighted by atomic mass is 16.3. The molecule has 10 heteroatoms. The van der Waals surface area contributed by atoms with Gasteiger partial charge in [0.1, 0.15) is 11.6 Å². The molecule has 0 spiro atoms. The lowest BCUT2D eigenvalue weighted by Gasteiger charge is -2.31. The number of benzene rings is 4. The number of carbonyl (C=O) groups excluding carboxylic acids is 2. The molecule has 10 nitrogen and oxygen atoms in total. The highest BCUT2D eigenvalue weighted by molar-refractivity contribution is 5.87. The molecule has 6 aromatic rings. The van der Waals surface area contributed by atoms with Crippen LogP contribution in [0.15, 0.2) is 122 Å². The number of H-pyrrole nitrogens is 2. The van der Waals surface area contributed by atoms with Crippen LogP contribution in [0.25, 0.3) is 33.6 Å². The summed E-state index contributed by atoms with van der Waals surface area (Å²) in [5, 5.41) is 22.5. The fourth-order valence-electron chi connectivity index (χ4n) is 7.91. The molecule has 0 saturated carbocycles. The van der Waals surface area contributed by atoms with E-state index in [9.17, 15) is 19.8 Å². The van der Waals surface area contributed by atoms with E-state index in [1.165, 1.54) is 0 Å². The molecule has 2 fully saturated rings. The molecule has 54 heavy (non-hydrogen) atoms. The third kappa shape index (κ3) is 6.52. The van der Waals surface area contributed by atoms with Crippen LogP contribution in [0.3, 0.4) is 0 Å². The Bertz CT molecular complexity index is 2080. The molecule has 4 heterocycles. The van der Waals surface area contributed by atoms with Gasteiger partial charge in [-0.1, -0.05) is 109 Å². The number of hydrogen-bond acceptors (Lipinski definition) is 6. The first-order valence-electron chi connectivity index (χ1n) is 18.6. The first-order chi connectivity index (χ1) is 26.1. The van der Waals surface area contributed by atoms with Crippen LogP contribution >= 0.6 is 0 Å². The maximum absolute atomic E-state index is 13.6. The summed E-state index contributed by atoms with van der Waals surface area (Å²) in [5.41, 5.74) is 3.72. The number of aromatic nitrogens is 4. The van der Waals surface area contributed by atoms with Crippen molar-refractivity contribution in [2.45, 2.75) is 62.8 Å². The van der Waals surface area contributed by atoms with Crippen LogP contribution in [0.1, 0.15) is 74.4 Å². The van der Waals surface area contributed by atoms with Crippen molar-refractivity contribution in [3.63, 3.8) is 0 Å². The summed E-state index contributed by atoms with van der Waals surface area (Å²) in [7, 11) is 0. The van der Waals surface area contributed by atoms with E-state index in [0.717, 1.165) is 59.3 Å². The molecule has 2 aromatic heterocycles. The molecule has 2 amide bonds. The number of hydrogen-bond donors (Lipinski definition) is 4. The number of nitrogens with one attached hydrogen (secondary N) is 2. The van der Waals surface area contributed by atoms with Crippen LogP contribution in [0.4, 0.5) is 0 Å². The number of nitrogens with zero attached hydrogens (tertiary/aromatic N) is 4. The van der Waals surface area contributed by atoms with Gasteiger partial charge in [0, 0.05) is 13.1 Å². The van der Waals surface area contributed by atoms with Crippen molar-refractivity contribution in [2.24, 2.45) is 0 Å². The molecule has 4 aromatic carbocycles. The van der Waals surface area contributed by atoms with E-state index in [0.29, 0.717) is 35.9 Å². The van der Waals surface area contributed by atoms with Gasteiger partial charge in [-0.25, -0.2) is 9.97 Å². The normalized spacial score (nSPS) is 19.4. The average molecular weight is 721 g/mol. The molecule has 0 radical (unpaired) electrons. The molecule has 274 valence electrons. The van der Waals surface area contributed by atoms with Gasteiger partial charge in [-0.3, -0.25) is 9.59 Å². The van der Waals surface area contributed by atoms with Crippen molar-refractivity contribution < 1.29 is 19.8 Å². The fourth-order valence-corrected chi connectivity index (χ4v) is 7.91. The minimum absolute atomic E-state index is 0.235. The Kier molecular flexibility index (Phi) is 9.25. The van der Waals surface area contributed by atoms with Gasteiger partial charge in [0.2, 0.25) is 0 Å². The molecular formula is C44H44N6O4. The minimum atomic E-state index is -1.62. The monoisotopic (exact) mass is 720 g/mol. The lowest BCUT2D eigenvalue weighted by Crippen LogP contribution is -2.45. The molecule has 0 bridgehead atoms. The van der Waals surface area contributed by atoms with Gasteiger partial charge in [-0.2, -0.15) is 0 Å². The lowest BCUT2D eigenvalue weighted by molar-refractivity contribution is -0.152. The summed E-state index contributed by atoms with van der Waals surface area (Å²) in [5.74, 6) is 0.790. The Morgan fingerprint density at radius 3 is 1.30 bits per heavy atom. The predicted molar refractivity (Wildman–Crippen MR) is 206 cm³/mol. The largest absolute Gasteiger partial charge is 0.376 e. The van der Waals surface area contributed by atoms with Crippen LogP contribution in [-0.2, 0) is 20.8 Å². The van der Waals surface area contributed by atoms with Crippen molar-refractivity contribution in [3.8, 4) is 33.6 Å². The lowest BCUT2D eigenvalue weighted by atomic mass is 9.94. The standard InChI is InChI=1S/C44H44N6O4/c1-43(53,33-11-5-3-6-12-33)41(51)49-25-9-15-37(49)39-45-27-35(47-39)31-21-17-29(18-22-31)30-19-23-32(24-20-30)36-28-46-40(48-36)38-16-10-26-50(38)42(52)44(2,54)34-13-7-4-8-14-34/h3-8,11-14,17-24,27-28,37-38,53-54H,9-10,15-16,25-26H2,1-2H3,(H,45,47)(H,46,48)/t37?,38?,43-,44-/m1/s1. The predicted octanol–water partition coefficient (Wildman–Crippen LogP) is 7.28. The number of imidazole rings is 2. The van der Waals surface area contributed by atoms with Gasteiger partial charge < -0.3 is 30.0 Å². The SMILES string of the molecule is C[C@](O)(C(=O)N1CCCC1c1ncc(-c2ccc(-c3ccc(-c4cnc(C5CCCN5C(=O)[C@](C)(O)c5ccccc5)[nH]4)cc3)cc2)[nH]1)c1ccccc1. The smallest absolute Gasteiger partial charge is 0.259 e. The van der Waals surface area contributed by atoms with E-state index in [4.69, 9.17) is 0 Å². The second kappa shape index (κ2) is 14.2. The summed E-state index contributed by atoms with van der Waals surface area (Å²) in [6.07, 6.45) is 6.84. The summed E-state index contributed by atoms with van der Waals surface area (Å²) in [6, 6.07) is 34.2. The van der Waals surface area contributed by atoms with Gasteiger partial charge >= 0.3 is 0 Å². The van der Waals surface area contributed by atoms with E-state index < -0.39 is 11.2 Å². The topological polar surface area (TPSA) is 138 Å². The summed E-state index contributed by atoms with van der Waals surface area (Å²) in [6.45, 7) is 4.26.